The van der Waals surface area contributed by atoms with Crippen LogP contribution in [0.3, 0.4) is 0 Å². The van der Waals surface area contributed by atoms with Gasteiger partial charge in [-0.15, -0.1) is 0 Å². The third-order valence-corrected chi connectivity index (χ3v) is 3.95. The summed E-state index contributed by atoms with van der Waals surface area (Å²) in [6.45, 7) is 1.46. The first-order valence-electron chi connectivity index (χ1n) is 7.14. The average molecular weight is 280 g/mol. The molecule has 3 nitrogen and oxygen atoms in total. The first-order valence-corrected chi connectivity index (χ1v) is 7.14. The number of carbonyl (C=O) groups is 1. The van der Waals surface area contributed by atoms with Crippen LogP contribution in [0, 0.1) is 17.6 Å². The minimum Gasteiger partial charge on any atom is -0.380 e. The first-order chi connectivity index (χ1) is 9.63. The van der Waals surface area contributed by atoms with Gasteiger partial charge >= 0.3 is 0 Å². The number of halogens is 2. The van der Waals surface area contributed by atoms with E-state index in [1.54, 1.807) is 0 Å². The van der Waals surface area contributed by atoms with Crippen molar-refractivity contribution in [1.29, 1.82) is 0 Å². The Hall–Kier alpha value is -1.65. The third kappa shape index (κ3) is 2.92. The van der Waals surface area contributed by atoms with Crippen LogP contribution in [0.15, 0.2) is 18.2 Å². The summed E-state index contributed by atoms with van der Waals surface area (Å²) in [6.07, 6.45) is 3.90. The van der Waals surface area contributed by atoms with Crippen molar-refractivity contribution in [2.45, 2.75) is 31.7 Å². The van der Waals surface area contributed by atoms with Gasteiger partial charge in [0, 0.05) is 36.8 Å². The maximum absolute atomic E-state index is 13.2. The molecule has 3 rings (SSSR count). The van der Waals surface area contributed by atoms with Crippen molar-refractivity contribution in [2.24, 2.45) is 5.92 Å². The average Bonchev–Trinajstić information content (AvgIpc) is 3.27. The highest BCUT2D eigenvalue weighted by Gasteiger charge is 2.35. The number of carbonyl (C=O) groups excluding carboxylic acids is 1. The fourth-order valence-corrected chi connectivity index (χ4v) is 2.71. The van der Waals surface area contributed by atoms with Gasteiger partial charge in [0.25, 0.3) is 0 Å². The van der Waals surface area contributed by atoms with E-state index < -0.39 is 11.6 Å². The number of hydrogen-bond acceptors (Lipinski definition) is 2. The molecule has 1 heterocycles. The number of benzene rings is 1. The Morgan fingerprint density at radius 2 is 2.00 bits per heavy atom. The second-order valence-electron chi connectivity index (χ2n) is 5.67. The largest absolute Gasteiger partial charge is 0.380 e. The van der Waals surface area contributed by atoms with E-state index in [1.165, 1.54) is 6.07 Å². The molecule has 2 aliphatic rings. The molecule has 0 bridgehead atoms. The molecule has 1 atom stereocenters. The Labute approximate surface area is 117 Å². The molecule has 1 unspecified atom stereocenters. The van der Waals surface area contributed by atoms with E-state index in [0.29, 0.717) is 12.2 Å². The van der Waals surface area contributed by atoms with E-state index in [9.17, 15) is 13.6 Å². The van der Waals surface area contributed by atoms with Gasteiger partial charge in [-0.05, 0) is 37.8 Å². The number of nitrogens with zero attached hydrogens (tertiary/aromatic N) is 1. The van der Waals surface area contributed by atoms with Gasteiger partial charge in [0.15, 0.2) is 11.6 Å². The molecule has 1 aromatic rings. The number of rotatable bonds is 3. The monoisotopic (exact) mass is 280 g/mol. The molecule has 0 spiro atoms. The van der Waals surface area contributed by atoms with Crippen LogP contribution in [0.1, 0.15) is 25.7 Å². The van der Waals surface area contributed by atoms with Crippen molar-refractivity contribution in [2.75, 3.05) is 18.4 Å². The van der Waals surface area contributed by atoms with Crippen molar-refractivity contribution < 1.29 is 13.6 Å². The second-order valence-corrected chi connectivity index (χ2v) is 5.67. The summed E-state index contributed by atoms with van der Waals surface area (Å²) in [4.78, 5) is 13.9. The smallest absolute Gasteiger partial charge is 0.225 e. The van der Waals surface area contributed by atoms with Crippen LogP contribution in [-0.2, 0) is 4.79 Å². The van der Waals surface area contributed by atoms with Gasteiger partial charge < -0.3 is 10.2 Å². The van der Waals surface area contributed by atoms with Crippen LogP contribution >= 0.6 is 0 Å². The van der Waals surface area contributed by atoms with E-state index in [0.717, 1.165) is 44.4 Å². The molecular weight excluding hydrogens is 262 g/mol. The summed E-state index contributed by atoms with van der Waals surface area (Å²) in [5.74, 6) is -1.21. The minimum absolute atomic E-state index is 0.108. The molecule has 1 amide bonds. The molecule has 0 aromatic heterocycles. The predicted molar refractivity (Wildman–Crippen MR) is 72.3 cm³/mol. The van der Waals surface area contributed by atoms with Crippen LogP contribution in [0.25, 0.3) is 0 Å². The molecule has 5 heteroatoms. The molecule has 1 saturated heterocycles. The van der Waals surface area contributed by atoms with E-state index in [-0.39, 0.29) is 17.9 Å². The molecular formula is C15H18F2N2O. The van der Waals surface area contributed by atoms with Crippen LogP contribution < -0.4 is 5.32 Å². The van der Waals surface area contributed by atoms with E-state index >= 15 is 0 Å². The molecule has 108 valence electrons. The van der Waals surface area contributed by atoms with E-state index in [2.05, 4.69) is 5.32 Å². The van der Waals surface area contributed by atoms with Crippen LogP contribution in [0.2, 0.25) is 0 Å². The van der Waals surface area contributed by atoms with Crippen molar-refractivity contribution in [3.8, 4) is 0 Å². The van der Waals surface area contributed by atoms with Crippen molar-refractivity contribution in [1.82, 2.24) is 4.90 Å². The SMILES string of the molecule is O=C(C1CC1)N1CCCC(Nc2ccc(F)c(F)c2)C1. The zero-order valence-corrected chi connectivity index (χ0v) is 11.2. The lowest BCUT2D eigenvalue weighted by atomic mass is 10.0. The van der Waals surface area contributed by atoms with Gasteiger partial charge in [-0.2, -0.15) is 0 Å². The maximum Gasteiger partial charge on any atom is 0.225 e. The number of piperidine rings is 1. The van der Waals surface area contributed by atoms with Gasteiger partial charge in [0.1, 0.15) is 0 Å². The van der Waals surface area contributed by atoms with Crippen molar-refractivity contribution in [3.05, 3.63) is 29.8 Å². The topological polar surface area (TPSA) is 32.3 Å². The third-order valence-electron chi connectivity index (χ3n) is 3.95. The van der Waals surface area contributed by atoms with Crippen LogP contribution in [0.5, 0.6) is 0 Å². The normalized spacial score (nSPS) is 22.7. The fourth-order valence-electron chi connectivity index (χ4n) is 2.71. The Morgan fingerprint density at radius 3 is 2.70 bits per heavy atom. The molecule has 20 heavy (non-hydrogen) atoms. The van der Waals surface area contributed by atoms with Crippen molar-refractivity contribution >= 4 is 11.6 Å². The Kier molecular flexibility index (Phi) is 3.59. The number of likely N-dealkylation sites (tertiary alicyclic amines) is 1. The van der Waals surface area contributed by atoms with Crippen LogP contribution in [0.4, 0.5) is 14.5 Å². The second kappa shape index (κ2) is 5.38. The van der Waals surface area contributed by atoms with Crippen molar-refractivity contribution in [3.63, 3.8) is 0 Å². The molecule has 1 N–H and O–H groups in total. The van der Waals surface area contributed by atoms with Gasteiger partial charge in [-0.1, -0.05) is 0 Å². The van der Waals surface area contributed by atoms with Gasteiger partial charge in [-0.3, -0.25) is 4.79 Å². The highest BCUT2D eigenvalue weighted by molar-refractivity contribution is 5.81. The lowest BCUT2D eigenvalue weighted by molar-refractivity contribution is -0.133. The molecule has 0 radical (unpaired) electrons. The van der Waals surface area contributed by atoms with E-state index in [4.69, 9.17) is 0 Å². The first kappa shape index (κ1) is 13.3. The summed E-state index contributed by atoms with van der Waals surface area (Å²) in [6, 6.07) is 3.92. The number of amides is 1. The lowest BCUT2D eigenvalue weighted by Gasteiger charge is -2.34. The lowest BCUT2D eigenvalue weighted by Crippen LogP contribution is -2.45. The number of hydrogen-bond donors (Lipinski definition) is 1. The number of nitrogens with one attached hydrogen (secondary N) is 1. The highest BCUT2D eigenvalue weighted by Crippen LogP contribution is 2.32. The Balaban J connectivity index is 1.61. The van der Waals surface area contributed by atoms with Crippen LogP contribution in [-0.4, -0.2) is 29.9 Å². The van der Waals surface area contributed by atoms with E-state index in [1.807, 2.05) is 4.90 Å². The minimum atomic E-state index is -0.850. The predicted octanol–water partition coefficient (Wildman–Crippen LogP) is 2.78. The highest BCUT2D eigenvalue weighted by atomic mass is 19.2. The van der Waals surface area contributed by atoms with Gasteiger partial charge in [0.2, 0.25) is 5.91 Å². The molecule has 1 aliphatic carbocycles. The summed E-state index contributed by atoms with van der Waals surface area (Å²) in [5, 5.41) is 3.19. The Bertz CT molecular complexity index is 517. The molecule has 1 aliphatic heterocycles. The standard InChI is InChI=1S/C15H18F2N2O/c16-13-6-5-11(8-14(13)17)18-12-2-1-7-19(9-12)15(20)10-3-4-10/h5-6,8,10,12,18H,1-4,7,9H2. The molecule has 2 fully saturated rings. The molecule has 1 saturated carbocycles. The summed E-state index contributed by atoms with van der Waals surface area (Å²) in [5.41, 5.74) is 0.564. The zero-order valence-electron chi connectivity index (χ0n) is 11.2. The fraction of sp³-hybridized carbons (Fsp3) is 0.533. The van der Waals surface area contributed by atoms with Gasteiger partial charge in [0.05, 0.1) is 0 Å². The van der Waals surface area contributed by atoms with Gasteiger partial charge in [-0.25, -0.2) is 8.78 Å². The summed E-state index contributed by atoms with van der Waals surface area (Å²) >= 11 is 0. The summed E-state index contributed by atoms with van der Waals surface area (Å²) < 4.78 is 26.1. The summed E-state index contributed by atoms with van der Waals surface area (Å²) in [7, 11) is 0. The zero-order chi connectivity index (χ0) is 14.1. The molecule has 1 aromatic carbocycles. The maximum atomic E-state index is 13.2. The Morgan fingerprint density at radius 1 is 1.20 bits per heavy atom. The quantitative estimate of drug-likeness (QED) is 0.923. The number of anilines is 1.